The third-order valence-corrected chi connectivity index (χ3v) is 5.41. The maximum Gasteiger partial charge on any atom is 0.226 e. The molecule has 5 heteroatoms. The van der Waals surface area contributed by atoms with E-state index in [1.54, 1.807) is 6.26 Å². The van der Waals surface area contributed by atoms with Crippen LogP contribution in [0.15, 0.2) is 47.1 Å². The number of benzene rings is 1. The van der Waals surface area contributed by atoms with Gasteiger partial charge in [0.15, 0.2) is 0 Å². The Labute approximate surface area is 153 Å². The molecule has 0 spiro atoms. The number of nitrogens with zero attached hydrogens (tertiary/aromatic N) is 3. The van der Waals surface area contributed by atoms with Gasteiger partial charge in [-0.1, -0.05) is 12.1 Å². The number of carbonyl (C=O) groups excluding carboxylic acids is 1. The van der Waals surface area contributed by atoms with Crippen molar-refractivity contribution in [2.75, 3.05) is 26.2 Å². The van der Waals surface area contributed by atoms with Crippen LogP contribution in [0.2, 0.25) is 0 Å². The molecular weight excluding hydrogens is 326 g/mol. The Bertz CT molecular complexity index is 792. The van der Waals surface area contributed by atoms with Crippen LogP contribution in [0.1, 0.15) is 35.6 Å². The zero-order valence-electron chi connectivity index (χ0n) is 14.8. The molecule has 4 rings (SSSR count). The lowest BCUT2D eigenvalue weighted by Gasteiger charge is -2.22. The molecule has 1 aromatic heterocycles. The smallest absolute Gasteiger partial charge is 0.226 e. The minimum atomic E-state index is 0.103. The number of amides is 1. The van der Waals surface area contributed by atoms with Crippen LogP contribution in [0.3, 0.4) is 0 Å². The summed E-state index contributed by atoms with van der Waals surface area (Å²) in [6.45, 7) is 4.38. The van der Waals surface area contributed by atoms with E-state index >= 15 is 0 Å². The second kappa shape index (κ2) is 7.35. The van der Waals surface area contributed by atoms with Crippen LogP contribution in [0, 0.1) is 17.2 Å². The lowest BCUT2D eigenvalue weighted by Crippen LogP contribution is -2.36. The van der Waals surface area contributed by atoms with Gasteiger partial charge < -0.3 is 9.32 Å². The van der Waals surface area contributed by atoms with Crippen LogP contribution < -0.4 is 0 Å². The van der Waals surface area contributed by atoms with E-state index in [4.69, 9.17) is 9.68 Å². The van der Waals surface area contributed by atoms with Gasteiger partial charge in [-0.2, -0.15) is 5.26 Å². The maximum atomic E-state index is 12.8. The fourth-order valence-electron chi connectivity index (χ4n) is 3.81. The summed E-state index contributed by atoms with van der Waals surface area (Å²) < 4.78 is 5.45. The molecule has 0 unspecified atom stereocenters. The maximum absolute atomic E-state index is 12.8. The van der Waals surface area contributed by atoms with Gasteiger partial charge in [0.2, 0.25) is 5.91 Å². The molecule has 1 aliphatic heterocycles. The molecule has 134 valence electrons. The van der Waals surface area contributed by atoms with Crippen molar-refractivity contribution in [3.05, 3.63) is 59.5 Å². The summed E-state index contributed by atoms with van der Waals surface area (Å²) in [4.78, 5) is 17.2. The molecule has 0 radical (unpaired) electrons. The number of furan rings is 1. The lowest BCUT2D eigenvalue weighted by atomic mass is 10.1. The third-order valence-electron chi connectivity index (χ3n) is 5.41. The van der Waals surface area contributed by atoms with Crippen LogP contribution >= 0.6 is 0 Å². The van der Waals surface area contributed by atoms with Crippen molar-refractivity contribution in [3.8, 4) is 6.07 Å². The van der Waals surface area contributed by atoms with Crippen LogP contribution in [0.25, 0.3) is 0 Å². The fourth-order valence-corrected chi connectivity index (χ4v) is 3.81. The molecule has 1 amide bonds. The van der Waals surface area contributed by atoms with Gasteiger partial charge in [0, 0.05) is 44.6 Å². The Morgan fingerprint density at radius 2 is 2.00 bits per heavy atom. The topological polar surface area (TPSA) is 60.5 Å². The normalized spacial score (nSPS) is 23.3. The van der Waals surface area contributed by atoms with Gasteiger partial charge >= 0.3 is 0 Å². The lowest BCUT2D eigenvalue weighted by molar-refractivity contribution is -0.132. The first kappa shape index (κ1) is 16.9. The van der Waals surface area contributed by atoms with E-state index in [1.165, 1.54) is 5.56 Å². The first-order valence-electron chi connectivity index (χ1n) is 9.28. The second-order valence-corrected chi connectivity index (χ2v) is 7.23. The van der Waals surface area contributed by atoms with Gasteiger partial charge in [-0.25, -0.2) is 0 Å². The van der Waals surface area contributed by atoms with Gasteiger partial charge in [0.1, 0.15) is 5.76 Å². The first-order valence-corrected chi connectivity index (χ1v) is 9.28. The highest BCUT2D eigenvalue weighted by atomic mass is 16.3. The van der Waals surface area contributed by atoms with E-state index in [-0.39, 0.29) is 17.7 Å². The number of rotatable bonds is 4. The molecule has 26 heavy (non-hydrogen) atoms. The fraction of sp³-hybridized carbons (Fsp3) is 0.429. The van der Waals surface area contributed by atoms with Gasteiger partial charge in [-0.3, -0.25) is 9.69 Å². The van der Waals surface area contributed by atoms with E-state index in [0.717, 1.165) is 51.3 Å². The highest BCUT2D eigenvalue weighted by Gasteiger charge is 2.47. The van der Waals surface area contributed by atoms with Crippen molar-refractivity contribution in [1.82, 2.24) is 9.80 Å². The first-order chi connectivity index (χ1) is 12.7. The Morgan fingerprint density at radius 1 is 1.15 bits per heavy atom. The SMILES string of the molecule is N#Cc1ccc(CN2CCCN(C(=O)[C@H]3C[C@@H]3c3ccco3)CC2)cc1. The third kappa shape index (κ3) is 3.66. The summed E-state index contributed by atoms with van der Waals surface area (Å²) >= 11 is 0. The van der Waals surface area contributed by atoms with Gasteiger partial charge in [-0.15, -0.1) is 0 Å². The zero-order chi connectivity index (χ0) is 17.9. The summed E-state index contributed by atoms with van der Waals surface area (Å²) in [6.07, 6.45) is 3.60. The van der Waals surface area contributed by atoms with Crippen molar-refractivity contribution < 1.29 is 9.21 Å². The van der Waals surface area contributed by atoms with Crippen LogP contribution in [0.4, 0.5) is 0 Å². The zero-order valence-corrected chi connectivity index (χ0v) is 14.8. The van der Waals surface area contributed by atoms with E-state index in [9.17, 15) is 4.79 Å². The summed E-state index contributed by atoms with van der Waals surface area (Å²) in [7, 11) is 0. The minimum absolute atomic E-state index is 0.103. The van der Waals surface area contributed by atoms with Crippen molar-refractivity contribution in [3.63, 3.8) is 0 Å². The Balaban J connectivity index is 1.30. The summed E-state index contributed by atoms with van der Waals surface area (Å²) in [5, 5.41) is 8.89. The molecule has 0 N–H and O–H groups in total. The quantitative estimate of drug-likeness (QED) is 0.851. The average Bonchev–Trinajstić information content (AvgIpc) is 3.35. The number of carbonyl (C=O) groups is 1. The summed E-state index contributed by atoms with van der Waals surface area (Å²) in [6, 6.07) is 13.8. The molecule has 5 nitrogen and oxygen atoms in total. The predicted molar refractivity (Wildman–Crippen MR) is 97.2 cm³/mol. The highest BCUT2D eigenvalue weighted by Crippen LogP contribution is 2.48. The molecule has 0 bridgehead atoms. The molecule has 1 saturated carbocycles. The van der Waals surface area contributed by atoms with E-state index in [2.05, 4.69) is 11.0 Å². The summed E-state index contributed by atoms with van der Waals surface area (Å²) in [5.41, 5.74) is 1.90. The second-order valence-electron chi connectivity index (χ2n) is 7.23. The van der Waals surface area contributed by atoms with Crippen LogP contribution in [-0.4, -0.2) is 41.9 Å². The molecule has 2 heterocycles. The number of hydrogen-bond acceptors (Lipinski definition) is 4. The van der Waals surface area contributed by atoms with Crippen molar-refractivity contribution in [2.24, 2.45) is 5.92 Å². The predicted octanol–water partition coefficient (Wildman–Crippen LogP) is 2.99. The average molecular weight is 349 g/mol. The molecule has 2 aromatic rings. The van der Waals surface area contributed by atoms with Crippen LogP contribution in [-0.2, 0) is 11.3 Å². The monoisotopic (exact) mass is 349 g/mol. The van der Waals surface area contributed by atoms with Gasteiger partial charge in [-0.05, 0) is 42.7 Å². The van der Waals surface area contributed by atoms with Gasteiger partial charge in [0.05, 0.1) is 17.9 Å². The summed E-state index contributed by atoms with van der Waals surface area (Å²) in [5.74, 6) is 1.61. The molecule has 1 aromatic carbocycles. The standard InChI is InChI=1S/C21H23N3O2/c22-14-16-4-6-17(7-5-16)15-23-8-2-9-24(11-10-23)21(25)19-13-18(19)20-3-1-12-26-20/h1,3-7,12,18-19H,2,8-11,13,15H2/t18-,19-/m0/s1. The molecule has 2 aliphatic rings. The van der Waals surface area contributed by atoms with E-state index < -0.39 is 0 Å². The Morgan fingerprint density at radius 3 is 2.73 bits per heavy atom. The molecule has 1 saturated heterocycles. The molecule has 2 fully saturated rings. The van der Waals surface area contributed by atoms with Crippen molar-refractivity contribution in [2.45, 2.75) is 25.3 Å². The number of hydrogen-bond donors (Lipinski definition) is 0. The van der Waals surface area contributed by atoms with Crippen LogP contribution in [0.5, 0.6) is 0 Å². The minimum Gasteiger partial charge on any atom is -0.469 e. The highest BCUT2D eigenvalue weighted by molar-refractivity contribution is 5.82. The Hall–Kier alpha value is -2.58. The number of nitriles is 1. The molecular formula is C21H23N3O2. The van der Waals surface area contributed by atoms with E-state index in [1.807, 2.05) is 41.3 Å². The molecule has 2 atom stereocenters. The largest absolute Gasteiger partial charge is 0.469 e. The Kier molecular flexibility index (Phi) is 4.77. The van der Waals surface area contributed by atoms with E-state index in [0.29, 0.717) is 5.56 Å². The van der Waals surface area contributed by atoms with Crippen molar-refractivity contribution >= 4 is 5.91 Å². The van der Waals surface area contributed by atoms with Gasteiger partial charge in [0.25, 0.3) is 0 Å². The molecule has 1 aliphatic carbocycles. The van der Waals surface area contributed by atoms with Crippen molar-refractivity contribution in [1.29, 1.82) is 5.26 Å².